The molecule has 3 aromatic heterocycles. The molecule has 0 spiro atoms. The van der Waals surface area contributed by atoms with Crippen molar-refractivity contribution in [2.45, 2.75) is 25.4 Å². The summed E-state index contributed by atoms with van der Waals surface area (Å²) in [5.74, 6) is -0.186. The first-order valence-electron chi connectivity index (χ1n) is 12.2. The Balaban J connectivity index is 1.16. The number of carbonyl (C=O) groups excluding carboxylic acids is 2. The number of carbonyl (C=O) groups is 2. The highest BCUT2D eigenvalue weighted by Crippen LogP contribution is 2.39. The number of aromatic nitrogens is 4. The summed E-state index contributed by atoms with van der Waals surface area (Å²) in [6, 6.07) is 7.64. The maximum absolute atomic E-state index is 14.8. The van der Waals surface area contributed by atoms with Gasteiger partial charge in [-0.05, 0) is 31.0 Å². The zero-order valence-corrected chi connectivity index (χ0v) is 21.0. The molecule has 3 amide bonds. The molecule has 2 fully saturated rings. The lowest BCUT2D eigenvalue weighted by atomic mass is 10.3. The van der Waals surface area contributed by atoms with Crippen LogP contribution in [0.25, 0.3) is 20.8 Å². The molecule has 4 heterocycles. The van der Waals surface area contributed by atoms with E-state index in [0.717, 1.165) is 17.7 Å². The van der Waals surface area contributed by atoms with Crippen LogP contribution in [0.4, 0.5) is 14.9 Å². The fourth-order valence-electron chi connectivity index (χ4n) is 4.02. The van der Waals surface area contributed by atoms with E-state index in [2.05, 4.69) is 25.9 Å². The molecule has 38 heavy (non-hydrogen) atoms. The Morgan fingerprint density at radius 2 is 2.00 bits per heavy atom. The van der Waals surface area contributed by atoms with Crippen LogP contribution in [0, 0.1) is 5.82 Å². The molecule has 13 heteroatoms. The van der Waals surface area contributed by atoms with Crippen molar-refractivity contribution in [2.24, 2.45) is 0 Å². The Morgan fingerprint density at radius 1 is 1.16 bits per heavy atom. The Bertz CT molecular complexity index is 1500. The van der Waals surface area contributed by atoms with E-state index in [1.165, 1.54) is 28.2 Å². The van der Waals surface area contributed by atoms with Gasteiger partial charge in [-0.15, -0.1) is 16.4 Å². The number of nitrogens with zero attached hydrogens (tertiary/aromatic N) is 5. The molecular formula is C25H24FN7O4S. The van der Waals surface area contributed by atoms with Crippen LogP contribution in [0.2, 0.25) is 0 Å². The number of amides is 3. The monoisotopic (exact) mass is 537 g/mol. The average molecular weight is 538 g/mol. The van der Waals surface area contributed by atoms with Crippen molar-refractivity contribution in [3.63, 3.8) is 0 Å². The highest BCUT2D eigenvalue weighted by Gasteiger charge is 2.23. The van der Waals surface area contributed by atoms with Crippen LogP contribution in [0.5, 0.6) is 11.5 Å². The summed E-state index contributed by atoms with van der Waals surface area (Å²) in [5, 5.41) is 13.8. The molecule has 1 aromatic carbocycles. The second-order valence-electron chi connectivity index (χ2n) is 9.05. The van der Waals surface area contributed by atoms with Gasteiger partial charge in [0, 0.05) is 43.1 Å². The summed E-state index contributed by atoms with van der Waals surface area (Å²) in [6.07, 6.45) is 5.23. The van der Waals surface area contributed by atoms with Crippen LogP contribution in [0.15, 0.2) is 42.7 Å². The molecule has 1 aliphatic carbocycles. The number of rotatable bonds is 7. The second-order valence-corrected chi connectivity index (χ2v) is 10.1. The molecule has 1 saturated heterocycles. The van der Waals surface area contributed by atoms with Gasteiger partial charge in [0.2, 0.25) is 5.91 Å². The lowest BCUT2D eigenvalue weighted by Gasteiger charge is -2.26. The largest absolute Gasteiger partial charge is 0.453 e. The minimum Gasteiger partial charge on any atom is -0.453 e. The van der Waals surface area contributed by atoms with Crippen molar-refractivity contribution in [3.8, 4) is 22.1 Å². The minimum atomic E-state index is -0.608. The molecule has 4 aromatic rings. The van der Waals surface area contributed by atoms with E-state index in [1.54, 1.807) is 29.4 Å². The smallest absolute Gasteiger partial charge is 0.319 e. The van der Waals surface area contributed by atoms with E-state index in [0.29, 0.717) is 53.7 Å². The van der Waals surface area contributed by atoms with E-state index in [4.69, 9.17) is 9.47 Å². The molecule has 1 saturated carbocycles. The second kappa shape index (κ2) is 10.3. The van der Waals surface area contributed by atoms with Crippen LogP contribution in [-0.2, 0) is 16.1 Å². The van der Waals surface area contributed by atoms with Crippen LogP contribution < -0.4 is 15.4 Å². The molecule has 196 valence electrons. The van der Waals surface area contributed by atoms with Crippen LogP contribution in [0.1, 0.15) is 12.8 Å². The van der Waals surface area contributed by atoms with E-state index in [-0.39, 0.29) is 30.3 Å². The summed E-state index contributed by atoms with van der Waals surface area (Å²) >= 11 is 1.38. The van der Waals surface area contributed by atoms with E-state index < -0.39 is 5.82 Å². The van der Waals surface area contributed by atoms with E-state index in [1.807, 2.05) is 6.07 Å². The predicted molar refractivity (Wildman–Crippen MR) is 138 cm³/mol. The maximum atomic E-state index is 14.8. The van der Waals surface area contributed by atoms with E-state index >= 15 is 0 Å². The summed E-state index contributed by atoms with van der Waals surface area (Å²) in [6.45, 7) is 2.31. The standard InChI is InChI=1S/C25H24FN7O4S/c26-17-11-16(29-25(35)28-15-1-2-15)3-4-20(17)37-21-5-6-27-18-12-22(38-24(18)21)19-13-33(31-30-19)14-23(34)32-7-9-36-10-8-32/h3-6,11-13,15H,1-2,7-10,14H2,(H2,28,29,35). The third kappa shape index (κ3) is 5.43. The van der Waals surface area contributed by atoms with Crippen LogP contribution in [0.3, 0.4) is 0 Å². The first kappa shape index (κ1) is 24.2. The van der Waals surface area contributed by atoms with Crippen molar-refractivity contribution in [1.82, 2.24) is 30.2 Å². The van der Waals surface area contributed by atoms with Gasteiger partial charge in [-0.3, -0.25) is 9.78 Å². The number of ether oxygens (including phenoxy) is 2. The molecule has 6 rings (SSSR count). The van der Waals surface area contributed by atoms with Gasteiger partial charge in [0.15, 0.2) is 11.6 Å². The number of urea groups is 1. The summed E-state index contributed by atoms with van der Waals surface area (Å²) < 4.78 is 28.2. The molecular weight excluding hydrogens is 513 g/mol. The number of nitrogens with one attached hydrogen (secondary N) is 2. The van der Waals surface area contributed by atoms with Crippen molar-refractivity contribution < 1.29 is 23.5 Å². The summed E-state index contributed by atoms with van der Waals surface area (Å²) in [7, 11) is 0. The Hall–Kier alpha value is -4.10. The zero-order valence-electron chi connectivity index (χ0n) is 20.2. The first-order valence-corrected chi connectivity index (χ1v) is 13.0. The Labute approximate surface area is 220 Å². The molecule has 0 atom stereocenters. The van der Waals surface area contributed by atoms with Gasteiger partial charge in [0.25, 0.3) is 0 Å². The van der Waals surface area contributed by atoms with Crippen LogP contribution in [-0.4, -0.2) is 69.2 Å². The van der Waals surface area contributed by atoms with Gasteiger partial charge >= 0.3 is 6.03 Å². The number of anilines is 1. The third-order valence-corrected chi connectivity index (χ3v) is 7.31. The maximum Gasteiger partial charge on any atom is 0.319 e. The van der Waals surface area contributed by atoms with Gasteiger partial charge in [-0.1, -0.05) is 5.21 Å². The number of fused-ring (bicyclic) bond motifs is 1. The highest BCUT2D eigenvalue weighted by atomic mass is 32.1. The van der Waals surface area contributed by atoms with Gasteiger partial charge in [-0.25, -0.2) is 13.9 Å². The number of halogens is 1. The lowest BCUT2D eigenvalue weighted by Crippen LogP contribution is -2.42. The number of thiophene rings is 1. The van der Waals surface area contributed by atoms with Crippen molar-refractivity contribution in [1.29, 1.82) is 0 Å². The van der Waals surface area contributed by atoms with Crippen molar-refractivity contribution in [2.75, 3.05) is 31.6 Å². The number of benzene rings is 1. The number of hydrogen-bond acceptors (Lipinski definition) is 8. The highest BCUT2D eigenvalue weighted by molar-refractivity contribution is 7.22. The van der Waals surface area contributed by atoms with Crippen molar-refractivity contribution in [3.05, 3.63) is 48.5 Å². The summed E-state index contributed by atoms with van der Waals surface area (Å²) in [4.78, 5) is 31.4. The van der Waals surface area contributed by atoms with Crippen LogP contribution >= 0.6 is 11.3 Å². The number of morpholine rings is 1. The number of pyridine rings is 1. The molecule has 2 aliphatic rings. The molecule has 2 N–H and O–H groups in total. The SMILES string of the molecule is O=C(Nc1ccc(Oc2ccnc3cc(-c4cn(CC(=O)N5CCOCC5)nn4)sc23)c(F)c1)NC1CC1. The molecule has 0 unspecified atom stereocenters. The topological polar surface area (TPSA) is 124 Å². The molecule has 0 radical (unpaired) electrons. The quantitative estimate of drug-likeness (QED) is 0.369. The van der Waals surface area contributed by atoms with Gasteiger partial charge in [0.1, 0.15) is 18.0 Å². The first-order chi connectivity index (χ1) is 18.5. The molecule has 1 aliphatic heterocycles. The third-order valence-electron chi connectivity index (χ3n) is 6.15. The predicted octanol–water partition coefficient (Wildman–Crippen LogP) is 3.63. The van der Waals surface area contributed by atoms with Crippen molar-refractivity contribution >= 4 is 39.2 Å². The average Bonchev–Trinajstić information content (AvgIpc) is 3.41. The fourth-order valence-corrected chi connectivity index (χ4v) is 5.04. The number of hydrogen-bond donors (Lipinski definition) is 2. The minimum absolute atomic E-state index is 0.0215. The fraction of sp³-hybridized carbons (Fsp3) is 0.320. The van der Waals surface area contributed by atoms with Gasteiger partial charge < -0.3 is 25.0 Å². The van der Waals surface area contributed by atoms with Gasteiger partial charge in [0.05, 0.1) is 34.5 Å². The van der Waals surface area contributed by atoms with E-state index in [9.17, 15) is 14.0 Å². The Morgan fingerprint density at radius 3 is 2.79 bits per heavy atom. The van der Waals surface area contributed by atoms with Gasteiger partial charge in [-0.2, -0.15) is 0 Å². The molecule has 11 nitrogen and oxygen atoms in total. The normalized spacial score (nSPS) is 15.4. The lowest BCUT2D eigenvalue weighted by molar-refractivity contribution is -0.136. The Kier molecular flexibility index (Phi) is 6.60. The zero-order chi connectivity index (χ0) is 26.1. The summed E-state index contributed by atoms with van der Waals surface area (Å²) in [5.41, 5.74) is 1.60. The molecule has 0 bridgehead atoms.